The van der Waals surface area contributed by atoms with Gasteiger partial charge >= 0.3 is 0 Å². The number of hydrogen-bond donors (Lipinski definition) is 1. The predicted octanol–water partition coefficient (Wildman–Crippen LogP) is 4.81. The summed E-state index contributed by atoms with van der Waals surface area (Å²) < 4.78 is 31.7. The molecular formula is C27H28Cl3N3O5S. The number of carbonyl (C=O) groups is 2. The Labute approximate surface area is 243 Å². The van der Waals surface area contributed by atoms with Gasteiger partial charge in [-0.2, -0.15) is 0 Å². The lowest BCUT2D eigenvalue weighted by Crippen LogP contribution is -2.53. The van der Waals surface area contributed by atoms with Gasteiger partial charge in [0.2, 0.25) is 21.8 Å². The maximum atomic E-state index is 14.0. The van der Waals surface area contributed by atoms with Gasteiger partial charge in [0, 0.05) is 35.6 Å². The zero-order valence-electron chi connectivity index (χ0n) is 21.5. The number of benzene rings is 3. The highest BCUT2D eigenvalue weighted by Gasteiger charge is 2.33. The van der Waals surface area contributed by atoms with Crippen molar-refractivity contribution in [2.24, 2.45) is 0 Å². The second kappa shape index (κ2) is 13.4. The molecule has 0 aliphatic rings. The minimum Gasteiger partial charge on any atom is -0.495 e. The summed E-state index contributed by atoms with van der Waals surface area (Å²) in [7, 11) is -1.05. The van der Waals surface area contributed by atoms with Crippen molar-refractivity contribution in [1.82, 2.24) is 10.2 Å². The Morgan fingerprint density at radius 2 is 1.59 bits per heavy atom. The van der Waals surface area contributed by atoms with E-state index in [9.17, 15) is 18.0 Å². The highest BCUT2D eigenvalue weighted by molar-refractivity contribution is 7.92. The topological polar surface area (TPSA) is 96.0 Å². The summed E-state index contributed by atoms with van der Waals surface area (Å²) in [5, 5.41) is 3.39. The minimum atomic E-state index is -3.95. The molecule has 3 aromatic carbocycles. The highest BCUT2D eigenvalue weighted by Crippen LogP contribution is 2.31. The molecule has 2 amide bonds. The van der Waals surface area contributed by atoms with Gasteiger partial charge in [0.05, 0.1) is 24.1 Å². The third-order valence-electron chi connectivity index (χ3n) is 6.01. The van der Waals surface area contributed by atoms with Crippen molar-refractivity contribution < 1.29 is 22.7 Å². The number of sulfonamides is 1. The Bertz CT molecular complexity index is 1420. The monoisotopic (exact) mass is 611 g/mol. The van der Waals surface area contributed by atoms with E-state index in [0.717, 1.165) is 16.1 Å². The smallest absolute Gasteiger partial charge is 0.244 e. The molecule has 3 rings (SSSR count). The van der Waals surface area contributed by atoms with Crippen LogP contribution in [0.25, 0.3) is 0 Å². The fraction of sp³-hybridized carbons (Fsp3) is 0.259. The summed E-state index contributed by atoms with van der Waals surface area (Å²) in [6.07, 6.45) is 1.15. The van der Waals surface area contributed by atoms with E-state index in [0.29, 0.717) is 21.4 Å². The van der Waals surface area contributed by atoms with Crippen molar-refractivity contribution in [2.45, 2.75) is 19.0 Å². The fourth-order valence-corrected chi connectivity index (χ4v) is 5.61. The van der Waals surface area contributed by atoms with Gasteiger partial charge in [0.25, 0.3) is 0 Å². The number of anilines is 1. The summed E-state index contributed by atoms with van der Waals surface area (Å²) >= 11 is 19.1. The normalized spacial score (nSPS) is 11.9. The van der Waals surface area contributed by atoms with E-state index in [4.69, 9.17) is 39.5 Å². The molecule has 0 aliphatic heterocycles. The van der Waals surface area contributed by atoms with Gasteiger partial charge < -0.3 is 15.0 Å². The lowest BCUT2D eigenvalue weighted by Gasteiger charge is -2.33. The van der Waals surface area contributed by atoms with Crippen molar-refractivity contribution in [1.29, 1.82) is 0 Å². The molecule has 0 heterocycles. The number of nitrogens with zero attached hydrogens (tertiary/aromatic N) is 2. The number of rotatable bonds is 11. The molecule has 12 heteroatoms. The Balaban J connectivity index is 2.08. The van der Waals surface area contributed by atoms with Crippen LogP contribution in [0.1, 0.15) is 11.1 Å². The van der Waals surface area contributed by atoms with Crippen LogP contribution in [-0.4, -0.2) is 58.1 Å². The van der Waals surface area contributed by atoms with Crippen molar-refractivity contribution in [2.75, 3.05) is 31.3 Å². The summed E-state index contributed by atoms with van der Waals surface area (Å²) in [5.74, 6) is -0.737. The third kappa shape index (κ3) is 7.79. The molecule has 39 heavy (non-hydrogen) atoms. The molecule has 208 valence electrons. The molecule has 0 radical (unpaired) electrons. The molecule has 1 atom stereocenters. The molecule has 3 aromatic rings. The zero-order valence-corrected chi connectivity index (χ0v) is 24.6. The average Bonchev–Trinajstić information content (AvgIpc) is 2.90. The molecule has 0 spiro atoms. The molecule has 0 aromatic heterocycles. The first-order chi connectivity index (χ1) is 18.5. The van der Waals surface area contributed by atoms with Gasteiger partial charge in [-0.05, 0) is 35.9 Å². The Morgan fingerprint density at radius 3 is 2.13 bits per heavy atom. The van der Waals surface area contributed by atoms with Gasteiger partial charge in [-0.15, -0.1) is 0 Å². The largest absolute Gasteiger partial charge is 0.495 e. The molecule has 0 unspecified atom stereocenters. The van der Waals surface area contributed by atoms with E-state index in [2.05, 4.69) is 5.32 Å². The molecular weight excluding hydrogens is 585 g/mol. The van der Waals surface area contributed by atoms with Crippen molar-refractivity contribution in [3.8, 4) is 5.75 Å². The summed E-state index contributed by atoms with van der Waals surface area (Å²) in [5.41, 5.74) is 1.39. The third-order valence-corrected chi connectivity index (χ3v) is 8.15. The molecule has 0 bridgehead atoms. The van der Waals surface area contributed by atoms with Crippen molar-refractivity contribution in [3.05, 3.63) is 92.9 Å². The van der Waals surface area contributed by atoms with E-state index in [1.165, 1.54) is 37.3 Å². The molecule has 0 fully saturated rings. The van der Waals surface area contributed by atoms with Crippen LogP contribution in [0.15, 0.2) is 66.7 Å². The van der Waals surface area contributed by atoms with E-state index in [1.54, 1.807) is 18.2 Å². The lowest BCUT2D eigenvalue weighted by molar-refractivity contribution is -0.139. The van der Waals surface area contributed by atoms with Gasteiger partial charge in [0.1, 0.15) is 18.3 Å². The first kappa shape index (κ1) is 30.6. The minimum absolute atomic E-state index is 0.136. The SMILES string of the molecule is CNC(=O)[C@H](Cc1ccccc1)N(Cc1c(Cl)cccc1Cl)C(=O)CN(c1ccc(OC)c(Cl)c1)S(C)(=O)=O. The van der Waals surface area contributed by atoms with Crippen molar-refractivity contribution in [3.63, 3.8) is 0 Å². The fourth-order valence-electron chi connectivity index (χ4n) is 4.00. The number of carbonyl (C=O) groups excluding carboxylic acids is 2. The quantitative estimate of drug-likeness (QED) is 0.335. The maximum absolute atomic E-state index is 14.0. The van der Waals surface area contributed by atoms with Crippen LogP contribution in [0.4, 0.5) is 5.69 Å². The number of nitrogens with one attached hydrogen (secondary N) is 1. The van der Waals surface area contributed by atoms with Crippen LogP contribution >= 0.6 is 34.8 Å². The Morgan fingerprint density at radius 1 is 0.949 bits per heavy atom. The van der Waals surface area contributed by atoms with Crippen LogP contribution in [0.5, 0.6) is 5.75 Å². The number of halogens is 3. The first-order valence-corrected chi connectivity index (χ1v) is 14.7. The van der Waals surface area contributed by atoms with Gasteiger partial charge in [-0.3, -0.25) is 13.9 Å². The summed E-state index contributed by atoms with van der Waals surface area (Å²) in [6, 6.07) is 17.5. The zero-order chi connectivity index (χ0) is 28.7. The lowest BCUT2D eigenvalue weighted by atomic mass is 10.0. The first-order valence-electron chi connectivity index (χ1n) is 11.7. The molecule has 1 N–H and O–H groups in total. The second-order valence-corrected chi connectivity index (χ2v) is 11.8. The van der Waals surface area contributed by atoms with Gasteiger partial charge in [-0.25, -0.2) is 8.42 Å². The number of likely N-dealkylation sites (N-methyl/N-ethyl adjacent to an activating group) is 1. The van der Waals surface area contributed by atoms with E-state index < -0.39 is 34.4 Å². The van der Waals surface area contributed by atoms with Crippen LogP contribution < -0.4 is 14.4 Å². The standard InChI is InChI=1S/C27H28Cl3N3O5S/c1-31-27(35)24(14-18-8-5-4-6-9-18)32(16-20-21(28)10-7-11-22(20)29)26(34)17-33(39(3,36)37)19-12-13-25(38-2)23(30)15-19/h4-13,15,24H,14,16-17H2,1-3H3,(H,31,35)/t24-/m0/s1. The molecule has 0 aliphatic carbocycles. The Hall–Kier alpha value is -2.98. The molecule has 8 nitrogen and oxygen atoms in total. The number of amides is 2. The number of methoxy groups -OCH3 is 1. The van der Waals surface area contributed by atoms with E-state index >= 15 is 0 Å². The van der Waals surface area contributed by atoms with Crippen LogP contribution in [0, 0.1) is 0 Å². The second-order valence-electron chi connectivity index (χ2n) is 8.63. The average molecular weight is 613 g/mol. The van der Waals surface area contributed by atoms with Gasteiger partial charge in [-0.1, -0.05) is 71.2 Å². The predicted molar refractivity (Wildman–Crippen MR) is 155 cm³/mol. The molecule has 0 saturated heterocycles. The van der Waals surface area contributed by atoms with Gasteiger partial charge in [0.15, 0.2) is 0 Å². The van der Waals surface area contributed by atoms with Crippen LogP contribution in [-0.2, 0) is 32.6 Å². The molecule has 0 saturated carbocycles. The van der Waals surface area contributed by atoms with Crippen molar-refractivity contribution >= 4 is 62.3 Å². The maximum Gasteiger partial charge on any atom is 0.244 e. The van der Waals surface area contributed by atoms with E-state index in [1.807, 2.05) is 30.3 Å². The summed E-state index contributed by atoms with van der Waals surface area (Å²) in [4.78, 5) is 28.4. The number of ether oxygens (including phenoxy) is 1. The number of hydrogen-bond acceptors (Lipinski definition) is 5. The van der Waals surface area contributed by atoms with E-state index in [-0.39, 0.29) is 23.7 Å². The Kier molecular flexibility index (Phi) is 10.5. The highest BCUT2D eigenvalue weighted by atomic mass is 35.5. The van der Waals surface area contributed by atoms with Crippen LogP contribution in [0.2, 0.25) is 15.1 Å². The summed E-state index contributed by atoms with van der Waals surface area (Å²) in [6.45, 7) is -0.741. The van der Waals surface area contributed by atoms with Crippen LogP contribution in [0.3, 0.4) is 0 Å².